The maximum Gasteiger partial charge on any atom is 0.232 e. The van der Waals surface area contributed by atoms with Gasteiger partial charge in [0, 0.05) is 47.9 Å². The number of halogens is 2. The number of pyridine rings is 1. The second-order valence-corrected chi connectivity index (χ2v) is 8.73. The summed E-state index contributed by atoms with van der Waals surface area (Å²) in [7, 11) is -2.27. The molecule has 0 atom stereocenters. The summed E-state index contributed by atoms with van der Waals surface area (Å²) in [4.78, 5) is 23.9. The fourth-order valence-electron chi connectivity index (χ4n) is 3.06. The van der Waals surface area contributed by atoms with E-state index in [-0.39, 0.29) is 11.3 Å². The summed E-state index contributed by atoms with van der Waals surface area (Å²) in [6.45, 7) is 1.64. The Morgan fingerprint density at radius 3 is 2.78 bits per heavy atom. The number of benzene rings is 1. The van der Waals surface area contributed by atoms with E-state index in [2.05, 4.69) is 19.7 Å². The maximum atomic E-state index is 15.0. The second kappa shape index (κ2) is 9.27. The molecule has 8 nitrogen and oxygen atoms in total. The van der Waals surface area contributed by atoms with Crippen molar-refractivity contribution in [1.29, 1.82) is 0 Å². The van der Waals surface area contributed by atoms with Gasteiger partial charge in [-0.25, -0.2) is 22.2 Å². The van der Waals surface area contributed by atoms with Crippen molar-refractivity contribution >= 4 is 44.4 Å². The van der Waals surface area contributed by atoms with Crippen molar-refractivity contribution in [2.75, 3.05) is 17.5 Å². The van der Waals surface area contributed by atoms with Crippen LogP contribution in [0.4, 0.5) is 14.5 Å². The Bertz CT molecular complexity index is 1350. The molecule has 4 N–H and O–H groups in total. The number of aliphatic imine (C=N–C) groups is 1. The van der Waals surface area contributed by atoms with E-state index in [1.165, 1.54) is 18.6 Å². The van der Waals surface area contributed by atoms with E-state index >= 15 is 4.39 Å². The quantitative estimate of drug-likeness (QED) is 0.350. The van der Waals surface area contributed by atoms with Crippen LogP contribution in [0.25, 0.3) is 16.7 Å². The minimum Gasteiger partial charge on any atom is -0.398 e. The normalized spacial score (nSPS) is 12.6. The lowest BCUT2D eigenvalue weighted by molar-refractivity contribution is 0.103. The number of carbonyl (C=O) groups excluding carboxylic acids is 1. The lowest BCUT2D eigenvalue weighted by Gasteiger charge is -2.11. The van der Waals surface area contributed by atoms with E-state index in [0.29, 0.717) is 28.7 Å². The SMILES string of the molecule is CCCS(=O)(=O)Nc1ccc(F)c(C(=O)c2c[nH]c3ncc(C(N)=CC=NC)cc23)c1F. The minimum atomic E-state index is -3.84. The smallest absolute Gasteiger partial charge is 0.232 e. The first-order valence-corrected chi connectivity index (χ1v) is 11.2. The molecule has 2 aromatic heterocycles. The molecule has 2 heterocycles. The fourth-order valence-corrected chi connectivity index (χ4v) is 4.19. The van der Waals surface area contributed by atoms with Crippen LogP contribution in [0, 0.1) is 11.6 Å². The van der Waals surface area contributed by atoms with E-state index in [1.54, 1.807) is 26.1 Å². The monoisotopic (exact) mass is 461 g/mol. The number of fused-ring (bicyclic) bond motifs is 1. The Balaban J connectivity index is 2.08. The van der Waals surface area contributed by atoms with Gasteiger partial charge in [-0.3, -0.25) is 14.5 Å². The van der Waals surface area contributed by atoms with Gasteiger partial charge < -0.3 is 10.7 Å². The number of ketones is 1. The predicted molar refractivity (Wildman–Crippen MR) is 120 cm³/mol. The average Bonchev–Trinajstić information content (AvgIpc) is 3.17. The first-order valence-electron chi connectivity index (χ1n) is 9.57. The van der Waals surface area contributed by atoms with E-state index in [1.807, 2.05) is 0 Å². The van der Waals surface area contributed by atoms with Crippen LogP contribution in [-0.2, 0) is 10.0 Å². The van der Waals surface area contributed by atoms with Crippen LogP contribution in [0.1, 0.15) is 34.8 Å². The molecule has 0 saturated carbocycles. The molecule has 32 heavy (non-hydrogen) atoms. The molecule has 0 spiro atoms. The summed E-state index contributed by atoms with van der Waals surface area (Å²) < 4.78 is 55.6. The van der Waals surface area contributed by atoms with E-state index in [4.69, 9.17) is 5.73 Å². The summed E-state index contributed by atoms with van der Waals surface area (Å²) in [6.07, 6.45) is 6.09. The number of aromatic nitrogens is 2. The number of H-pyrrole nitrogens is 1. The number of allylic oxidation sites excluding steroid dienone is 1. The predicted octanol–water partition coefficient (Wildman–Crippen LogP) is 3.22. The zero-order chi connectivity index (χ0) is 23.5. The lowest BCUT2D eigenvalue weighted by Crippen LogP contribution is -2.18. The Morgan fingerprint density at radius 1 is 1.34 bits per heavy atom. The van der Waals surface area contributed by atoms with Crippen molar-refractivity contribution in [2.24, 2.45) is 10.7 Å². The van der Waals surface area contributed by atoms with Crippen LogP contribution in [0.2, 0.25) is 0 Å². The highest BCUT2D eigenvalue weighted by molar-refractivity contribution is 7.92. The fraction of sp³-hybridized carbons (Fsp3) is 0.190. The van der Waals surface area contributed by atoms with Crippen LogP contribution in [0.5, 0.6) is 0 Å². The highest BCUT2D eigenvalue weighted by atomic mass is 32.2. The summed E-state index contributed by atoms with van der Waals surface area (Å²) in [5.41, 5.74) is 5.67. The van der Waals surface area contributed by atoms with Gasteiger partial charge in [-0.2, -0.15) is 0 Å². The van der Waals surface area contributed by atoms with Crippen LogP contribution < -0.4 is 10.5 Å². The van der Waals surface area contributed by atoms with Crippen molar-refractivity contribution in [1.82, 2.24) is 9.97 Å². The van der Waals surface area contributed by atoms with Crippen LogP contribution in [-0.4, -0.2) is 43.2 Å². The zero-order valence-electron chi connectivity index (χ0n) is 17.3. The molecule has 0 amide bonds. The van der Waals surface area contributed by atoms with Gasteiger partial charge in [-0.05, 0) is 30.7 Å². The highest BCUT2D eigenvalue weighted by Crippen LogP contribution is 2.28. The topological polar surface area (TPSA) is 130 Å². The van der Waals surface area contributed by atoms with Crippen LogP contribution in [0.15, 0.2) is 41.7 Å². The molecular weight excluding hydrogens is 440 g/mol. The molecule has 0 aliphatic carbocycles. The van der Waals surface area contributed by atoms with Gasteiger partial charge in [0.05, 0.1) is 17.0 Å². The standard InChI is InChI=1S/C21H21F2N5O3S/c1-3-8-32(30,31)28-17-5-4-15(22)18(19(17)23)20(29)14-11-27-21-13(14)9-12(10-26-21)16(24)6-7-25-2/h4-7,9-11,28H,3,8,24H2,1-2H3,(H,26,27). The second-order valence-electron chi connectivity index (χ2n) is 6.89. The number of nitrogens with one attached hydrogen (secondary N) is 2. The van der Waals surface area contributed by atoms with E-state index < -0.39 is 38.7 Å². The molecule has 3 rings (SSSR count). The summed E-state index contributed by atoms with van der Waals surface area (Å²) >= 11 is 0. The van der Waals surface area contributed by atoms with Crippen LogP contribution in [0.3, 0.4) is 0 Å². The van der Waals surface area contributed by atoms with Gasteiger partial charge in [0.25, 0.3) is 0 Å². The molecule has 1 aromatic carbocycles. The Labute approximate surface area is 183 Å². The van der Waals surface area contributed by atoms with Crippen molar-refractivity contribution in [3.63, 3.8) is 0 Å². The van der Waals surface area contributed by atoms with Crippen LogP contribution >= 0.6 is 0 Å². The number of rotatable bonds is 8. The van der Waals surface area contributed by atoms with Gasteiger partial charge in [-0.15, -0.1) is 0 Å². The molecule has 0 aliphatic heterocycles. The average molecular weight is 461 g/mol. The number of hydrogen-bond acceptors (Lipinski definition) is 6. The van der Waals surface area contributed by atoms with Gasteiger partial charge in [0.1, 0.15) is 11.5 Å². The molecule has 0 aliphatic rings. The third kappa shape index (κ3) is 4.67. The largest absolute Gasteiger partial charge is 0.398 e. The Hall–Kier alpha value is -3.60. The van der Waals surface area contributed by atoms with Gasteiger partial charge in [-0.1, -0.05) is 6.92 Å². The lowest BCUT2D eigenvalue weighted by atomic mass is 10.0. The molecule has 0 bridgehead atoms. The highest BCUT2D eigenvalue weighted by Gasteiger charge is 2.26. The van der Waals surface area contributed by atoms with Crippen molar-refractivity contribution in [3.05, 3.63) is 65.0 Å². The maximum absolute atomic E-state index is 15.0. The molecular formula is C21H21F2N5O3S. The molecule has 3 aromatic rings. The molecule has 0 fully saturated rings. The molecule has 0 radical (unpaired) electrons. The molecule has 168 valence electrons. The first-order chi connectivity index (χ1) is 15.2. The number of nitrogens with two attached hydrogens (primary N) is 1. The van der Waals surface area contributed by atoms with Crippen molar-refractivity contribution < 1.29 is 22.0 Å². The number of carbonyl (C=O) groups is 1. The number of hydrogen-bond donors (Lipinski definition) is 3. The zero-order valence-corrected chi connectivity index (χ0v) is 18.1. The van der Waals surface area contributed by atoms with E-state index in [0.717, 1.165) is 12.1 Å². The number of aromatic amines is 1. The van der Waals surface area contributed by atoms with Gasteiger partial charge in [0.2, 0.25) is 15.8 Å². The Kier molecular flexibility index (Phi) is 6.68. The van der Waals surface area contributed by atoms with Gasteiger partial charge >= 0.3 is 0 Å². The molecule has 11 heteroatoms. The van der Waals surface area contributed by atoms with E-state index in [9.17, 15) is 17.6 Å². The third-order valence-corrected chi connectivity index (χ3v) is 6.05. The summed E-state index contributed by atoms with van der Waals surface area (Å²) in [6, 6.07) is 3.33. The number of nitrogens with zero attached hydrogens (tertiary/aromatic N) is 2. The first kappa shape index (κ1) is 23.1. The minimum absolute atomic E-state index is 0.0438. The van der Waals surface area contributed by atoms with Crippen molar-refractivity contribution in [2.45, 2.75) is 13.3 Å². The summed E-state index contributed by atoms with van der Waals surface area (Å²) in [5.74, 6) is -3.64. The van der Waals surface area contributed by atoms with Crippen molar-refractivity contribution in [3.8, 4) is 0 Å². The third-order valence-electron chi connectivity index (χ3n) is 4.57. The molecule has 0 saturated heterocycles. The number of sulfonamides is 1. The summed E-state index contributed by atoms with van der Waals surface area (Å²) in [5, 5.41) is 0.299. The number of anilines is 1. The Morgan fingerprint density at radius 2 is 2.09 bits per heavy atom. The van der Waals surface area contributed by atoms with Gasteiger partial charge in [0.15, 0.2) is 5.82 Å². The molecule has 0 unspecified atom stereocenters.